The summed E-state index contributed by atoms with van der Waals surface area (Å²) in [5, 5.41) is 0. The van der Waals surface area contributed by atoms with Crippen LogP contribution in [0.1, 0.15) is 10.4 Å². The van der Waals surface area contributed by atoms with Gasteiger partial charge in [0.25, 0.3) is 0 Å². The van der Waals surface area contributed by atoms with Gasteiger partial charge in [0, 0.05) is 0 Å². The predicted molar refractivity (Wildman–Crippen MR) is 61.6 cm³/mol. The summed E-state index contributed by atoms with van der Waals surface area (Å²) in [6.45, 7) is 0. The normalized spacial score (nSPS) is 15.2. The third-order valence-electron chi connectivity index (χ3n) is 1.98. The molecule has 1 atom stereocenters. The van der Waals surface area contributed by atoms with Crippen LogP contribution in [0.3, 0.4) is 0 Å². The van der Waals surface area contributed by atoms with Crippen LogP contribution in [-0.2, 0) is 0 Å². The molecular formula is C8H3BrCl2F6S. The summed E-state index contributed by atoms with van der Waals surface area (Å²) in [5.41, 5.74) is -0.327. The van der Waals surface area contributed by atoms with E-state index in [-0.39, 0.29) is 14.2 Å². The van der Waals surface area contributed by atoms with Gasteiger partial charge < -0.3 is 0 Å². The van der Waals surface area contributed by atoms with Gasteiger partial charge in [-0.2, -0.15) is 26.3 Å². The van der Waals surface area contributed by atoms with Crippen molar-refractivity contribution >= 4 is 50.5 Å². The highest BCUT2D eigenvalue weighted by Gasteiger charge is 2.60. The van der Waals surface area contributed by atoms with E-state index in [1.165, 1.54) is 0 Å². The van der Waals surface area contributed by atoms with Crippen LogP contribution >= 0.6 is 50.5 Å². The molecule has 0 aliphatic rings. The van der Waals surface area contributed by atoms with Gasteiger partial charge in [-0.15, -0.1) is 11.3 Å². The van der Waals surface area contributed by atoms with Crippen LogP contribution in [0.2, 0.25) is 8.67 Å². The minimum absolute atomic E-state index is 0.0162. The summed E-state index contributed by atoms with van der Waals surface area (Å²) in [7, 11) is 0. The van der Waals surface area contributed by atoms with Gasteiger partial charge in [0.15, 0.2) is 5.92 Å². The molecule has 1 aromatic rings. The highest BCUT2D eigenvalue weighted by Crippen LogP contribution is 2.52. The summed E-state index contributed by atoms with van der Waals surface area (Å²) in [6, 6.07) is 0.985. The van der Waals surface area contributed by atoms with E-state index in [9.17, 15) is 26.3 Å². The van der Waals surface area contributed by atoms with Crippen LogP contribution < -0.4 is 0 Å². The lowest BCUT2D eigenvalue weighted by Gasteiger charge is -2.27. The number of alkyl halides is 7. The zero-order valence-electron chi connectivity index (χ0n) is 8.04. The maximum absolute atomic E-state index is 12.5. The summed E-state index contributed by atoms with van der Waals surface area (Å²) >= 11 is 14.2. The predicted octanol–water partition coefficient (Wildman–Crippen LogP) is 6.23. The van der Waals surface area contributed by atoms with Crippen LogP contribution in [-0.4, -0.2) is 12.4 Å². The van der Waals surface area contributed by atoms with Crippen LogP contribution in [0, 0.1) is 5.92 Å². The number of hydrogen-bond acceptors (Lipinski definition) is 1. The molecule has 10 heteroatoms. The molecule has 1 unspecified atom stereocenters. The molecule has 0 amide bonds. The molecule has 0 aliphatic heterocycles. The first-order valence-electron chi connectivity index (χ1n) is 4.17. The average molecular weight is 396 g/mol. The highest BCUT2D eigenvalue weighted by atomic mass is 79.9. The molecule has 0 saturated carbocycles. The van der Waals surface area contributed by atoms with Crippen LogP contribution in [0.5, 0.6) is 0 Å². The fraction of sp³-hybridized carbons (Fsp3) is 0.500. The number of thiophene rings is 1. The first-order chi connectivity index (χ1) is 7.94. The third-order valence-corrected chi connectivity index (χ3v) is 4.52. The minimum atomic E-state index is -5.44. The van der Waals surface area contributed by atoms with Gasteiger partial charge in [0.1, 0.15) is 0 Å². The number of hydrogen-bond donors (Lipinski definition) is 0. The first kappa shape index (κ1) is 16.4. The van der Waals surface area contributed by atoms with Crippen LogP contribution in [0.25, 0.3) is 0 Å². The second kappa shape index (κ2) is 5.38. The van der Waals surface area contributed by atoms with Crippen molar-refractivity contribution in [1.82, 2.24) is 0 Å². The van der Waals surface area contributed by atoms with Gasteiger partial charge >= 0.3 is 12.4 Å². The van der Waals surface area contributed by atoms with E-state index < -0.39 is 23.1 Å². The SMILES string of the molecule is FC(F)(F)C(C(Br)c1cc(Cl)sc1Cl)C(F)(F)F. The van der Waals surface area contributed by atoms with Crippen molar-refractivity contribution in [2.75, 3.05) is 0 Å². The van der Waals surface area contributed by atoms with Gasteiger partial charge in [0.2, 0.25) is 0 Å². The summed E-state index contributed by atoms with van der Waals surface area (Å²) in [6.07, 6.45) is -10.9. The van der Waals surface area contributed by atoms with Gasteiger partial charge in [-0.25, -0.2) is 0 Å². The fourth-order valence-electron chi connectivity index (χ4n) is 1.24. The molecular weight excluding hydrogens is 393 g/mol. The first-order valence-corrected chi connectivity index (χ1v) is 6.65. The Morgan fingerprint density at radius 3 is 1.78 bits per heavy atom. The Balaban J connectivity index is 3.19. The molecule has 0 nitrogen and oxygen atoms in total. The van der Waals surface area contributed by atoms with Crippen molar-refractivity contribution in [2.45, 2.75) is 17.2 Å². The number of halogens is 9. The van der Waals surface area contributed by atoms with Gasteiger partial charge in [-0.1, -0.05) is 39.1 Å². The van der Waals surface area contributed by atoms with E-state index in [4.69, 9.17) is 23.2 Å². The molecule has 0 radical (unpaired) electrons. The highest BCUT2D eigenvalue weighted by molar-refractivity contribution is 9.09. The molecule has 104 valence electrons. The van der Waals surface area contributed by atoms with Gasteiger partial charge in [-0.3, -0.25) is 0 Å². The maximum atomic E-state index is 12.5. The maximum Gasteiger partial charge on any atom is 0.401 e. The smallest absolute Gasteiger partial charge is 0.170 e. The molecule has 0 fully saturated rings. The average Bonchev–Trinajstić information content (AvgIpc) is 2.39. The van der Waals surface area contributed by atoms with E-state index in [0.717, 1.165) is 6.07 Å². The van der Waals surface area contributed by atoms with Crippen molar-refractivity contribution in [3.8, 4) is 0 Å². The Bertz CT molecular complexity index is 412. The van der Waals surface area contributed by atoms with Crippen LogP contribution in [0.15, 0.2) is 6.07 Å². The Labute approximate surface area is 120 Å². The molecule has 0 spiro atoms. The number of rotatable bonds is 2. The van der Waals surface area contributed by atoms with Crippen molar-refractivity contribution in [2.24, 2.45) is 5.92 Å². The molecule has 0 saturated heterocycles. The van der Waals surface area contributed by atoms with E-state index >= 15 is 0 Å². The van der Waals surface area contributed by atoms with E-state index in [1.807, 2.05) is 0 Å². The minimum Gasteiger partial charge on any atom is -0.170 e. The van der Waals surface area contributed by atoms with Gasteiger partial charge in [0.05, 0.1) is 13.5 Å². The molecule has 1 heterocycles. The molecule has 0 bridgehead atoms. The van der Waals surface area contributed by atoms with Crippen molar-refractivity contribution < 1.29 is 26.3 Å². The summed E-state index contributed by atoms with van der Waals surface area (Å²) < 4.78 is 74.6. The van der Waals surface area contributed by atoms with Crippen LogP contribution in [0.4, 0.5) is 26.3 Å². The zero-order valence-corrected chi connectivity index (χ0v) is 12.0. The van der Waals surface area contributed by atoms with E-state index in [0.29, 0.717) is 11.3 Å². The lowest BCUT2D eigenvalue weighted by molar-refractivity contribution is -0.283. The van der Waals surface area contributed by atoms with E-state index in [2.05, 4.69) is 15.9 Å². The Kier molecular flexibility index (Phi) is 4.90. The van der Waals surface area contributed by atoms with Crippen molar-refractivity contribution in [3.05, 3.63) is 20.3 Å². The van der Waals surface area contributed by atoms with Crippen molar-refractivity contribution in [3.63, 3.8) is 0 Å². The Morgan fingerprint density at radius 2 is 1.50 bits per heavy atom. The van der Waals surface area contributed by atoms with Crippen molar-refractivity contribution in [1.29, 1.82) is 0 Å². The van der Waals surface area contributed by atoms with E-state index in [1.54, 1.807) is 0 Å². The topological polar surface area (TPSA) is 0 Å². The molecule has 1 rings (SSSR count). The molecule has 1 aromatic heterocycles. The molecule has 0 aromatic carbocycles. The second-order valence-electron chi connectivity index (χ2n) is 3.24. The summed E-state index contributed by atoms with van der Waals surface area (Å²) in [4.78, 5) is -2.03. The molecule has 18 heavy (non-hydrogen) atoms. The standard InChI is InChI=1S/C8H3BrCl2F6S/c9-4(2-1-3(10)18-6(2)11)5(7(12,13)14)8(15,16)17/h1,4-5H. The lowest BCUT2D eigenvalue weighted by atomic mass is 10.00. The van der Waals surface area contributed by atoms with Gasteiger partial charge in [-0.05, 0) is 11.6 Å². The Hall–Kier alpha value is 0.340. The Morgan fingerprint density at radius 1 is 1.06 bits per heavy atom. The molecule has 0 aliphatic carbocycles. The third kappa shape index (κ3) is 3.68. The molecule has 0 N–H and O–H groups in total. The largest absolute Gasteiger partial charge is 0.401 e. The second-order valence-corrected chi connectivity index (χ2v) is 6.51. The lowest BCUT2D eigenvalue weighted by Crippen LogP contribution is -2.39. The fourth-order valence-corrected chi connectivity index (χ4v) is 4.03. The zero-order chi connectivity index (χ0) is 14.3. The quantitative estimate of drug-likeness (QED) is 0.411. The monoisotopic (exact) mass is 394 g/mol. The summed E-state index contributed by atoms with van der Waals surface area (Å²) in [5.74, 6) is -3.55.